The van der Waals surface area contributed by atoms with E-state index in [1.165, 1.54) is 11.8 Å². The predicted octanol–water partition coefficient (Wildman–Crippen LogP) is 4.93. The fraction of sp³-hybridized carbons (Fsp3) is 0.211. The Morgan fingerprint density at radius 2 is 2.00 bits per heavy atom. The number of carbonyl (C=O) groups is 1. The molecule has 0 amide bonds. The number of hydrogen-bond donors (Lipinski definition) is 0. The van der Waals surface area contributed by atoms with Gasteiger partial charge >= 0.3 is 5.97 Å². The topological polar surface area (TPSA) is 65.2 Å². The van der Waals surface area contributed by atoms with E-state index in [0.29, 0.717) is 16.7 Å². The predicted molar refractivity (Wildman–Crippen MR) is 102 cm³/mol. The first-order valence-corrected chi connectivity index (χ1v) is 9.55. The van der Waals surface area contributed by atoms with Crippen LogP contribution in [0.1, 0.15) is 24.5 Å². The summed E-state index contributed by atoms with van der Waals surface area (Å²) < 4.78 is 11.0. The Balaban J connectivity index is 1.49. The molecule has 1 aromatic heterocycles. The third-order valence-corrected chi connectivity index (χ3v) is 4.71. The van der Waals surface area contributed by atoms with Crippen LogP contribution in [-0.4, -0.2) is 21.9 Å². The van der Waals surface area contributed by atoms with Gasteiger partial charge in [-0.05, 0) is 36.8 Å². The molecule has 0 spiro atoms. The molecule has 134 valence electrons. The van der Waals surface area contributed by atoms with Crippen LogP contribution in [0.5, 0.6) is 0 Å². The summed E-state index contributed by atoms with van der Waals surface area (Å²) in [6.45, 7) is 1.71. The second-order valence-electron chi connectivity index (χ2n) is 5.57. The normalized spacial score (nSPS) is 11.9. The minimum absolute atomic E-state index is 0.233. The summed E-state index contributed by atoms with van der Waals surface area (Å²) in [7, 11) is 0. The van der Waals surface area contributed by atoms with Crippen molar-refractivity contribution in [1.29, 1.82) is 0 Å². The maximum Gasteiger partial charge on any atom is 0.316 e. The summed E-state index contributed by atoms with van der Waals surface area (Å²) in [6.07, 6.45) is -0.598. The highest BCUT2D eigenvalue weighted by Crippen LogP contribution is 2.23. The number of esters is 1. The second kappa shape index (κ2) is 8.87. The van der Waals surface area contributed by atoms with Crippen molar-refractivity contribution in [1.82, 2.24) is 10.2 Å². The Hall–Kier alpha value is -2.31. The maximum atomic E-state index is 12.0. The molecule has 1 atom stereocenters. The molecule has 0 N–H and O–H groups in total. The van der Waals surface area contributed by atoms with Gasteiger partial charge in [-0.1, -0.05) is 41.9 Å². The minimum Gasteiger partial charge on any atom is -0.452 e. The van der Waals surface area contributed by atoms with E-state index >= 15 is 0 Å². The van der Waals surface area contributed by atoms with Crippen molar-refractivity contribution >= 4 is 29.3 Å². The molecular formula is C19H17ClN2O3S. The van der Waals surface area contributed by atoms with Crippen LogP contribution in [0.2, 0.25) is 5.02 Å². The minimum atomic E-state index is -0.598. The van der Waals surface area contributed by atoms with Crippen LogP contribution >= 0.6 is 23.4 Å². The van der Waals surface area contributed by atoms with Gasteiger partial charge in [0.1, 0.15) is 0 Å². The van der Waals surface area contributed by atoms with E-state index < -0.39 is 6.10 Å². The molecule has 5 nitrogen and oxygen atoms in total. The molecule has 0 fully saturated rings. The van der Waals surface area contributed by atoms with Crippen molar-refractivity contribution in [2.75, 3.05) is 5.75 Å². The number of halogens is 1. The molecule has 0 aliphatic heterocycles. The van der Waals surface area contributed by atoms with Gasteiger partial charge in [0, 0.05) is 16.3 Å². The molecular weight excluding hydrogens is 372 g/mol. The average Bonchev–Trinajstić information content (AvgIpc) is 3.13. The molecule has 0 aliphatic carbocycles. The van der Waals surface area contributed by atoms with Crippen LogP contribution in [0.15, 0.2) is 59.0 Å². The number of benzene rings is 2. The van der Waals surface area contributed by atoms with Gasteiger partial charge < -0.3 is 9.15 Å². The number of ether oxygens (including phenoxy) is 1. The standard InChI is InChI=1S/C19H17ClN2O3S/c1-13(18-21-22-19(25-18)15-7-3-2-4-8-15)24-17(23)12-26-11-14-6-5-9-16(20)10-14/h2-10,13H,11-12H2,1H3. The summed E-state index contributed by atoms with van der Waals surface area (Å²) in [5.74, 6) is 1.26. The zero-order valence-electron chi connectivity index (χ0n) is 14.1. The SMILES string of the molecule is CC(OC(=O)CSCc1cccc(Cl)c1)c1nnc(-c2ccccc2)o1. The lowest BCUT2D eigenvalue weighted by Crippen LogP contribution is -2.11. The van der Waals surface area contributed by atoms with Crippen LogP contribution in [0.25, 0.3) is 11.5 Å². The fourth-order valence-corrected chi connectivity index (χ4v) is 3.22. The fourth-order valence-electron chi connectivity index (χ4n) is 2.26. The molecule has 3 rings (SSSR count). The highest BCUT2D eigenvalue weighted by atomic mass is 35.5. The lowest BCUT2D eigenvalue weighted by atomic mass is 10.2. The zero-order chi connectivity index (χ0) is 18.4. The Morgan fingerprint density at radius 1 is 1.19 bits per heavy atom. The molecule has 0 radical (unpaired) electrons. The molecule has 0 saturated heterocycles. The van der Waals surface area contributed by atoms with Crippen molar-refractivity contribution in [3.05, 3.63) is 71.1 Å². The van der Waals surface area contributed by atoms with Crippen molar-refractivity contribution in [3.8, 4) is 11.5 Å². The molecule has 1 heterocycles. The van der Waals surface area contributed by atoms with Crippen LogP contribution < -0.4 is 0 Å². The van der Waals surface area contributed by atoms with E-state index in [-0.39, 0.29) is 17.6 Å². The van der Waals surface area contributed by atoms with Crippen LogP contribution in [0.3, 0.4) is 0 Å². The summed E-state index contributed by atoms with van der Waals surface area (Å²) in [5.41, 5.74) is 1.88. The summed E-state index contributed by atoms with van der Waals surface area (Å²) >= 11 is 7.41. The zero-order valence-corrected chi connectivity index (χ0v) is 15.7. The van der Waals surface area contributed by atoms with E-state index in [1.807, 2.05) is 54.6 Å². The van der Waals surface area contributed by atoms with E-state index in [0.717, 1.165) is 11.1 Å². The number of nitrogens with zero attached hydrogens (tertiary/aromatic N) is 2. The molecule has 26 heavy (non-hydrogen) atoms. The second-order valence-corrected chi connectivity index (χ2v) is 6.99. The number of carbonyl (C=O) groups excluding carboxylic acids is 1. The summed E-state index contributed by atoms with van der Waals surface area (Å²) in [6, 6.07) is 17.0. The molecule has 3 aromatic rings. The first kappa shape index (κ1) is 18.5. The molecule has 7 heteroatoms. The Morgan fingerprint density at radius 3 is 2.77 bits per heavy atom. The van der Waals surface area contributed by atoms with Crippen LogP contribution in [0.4, 0.5) is 0 Å². The van der Waals surface area contributed by atoms with Crippen molar-refractivity contribution in [3.63, 3.8) is 0 Å². The Kier molecular flexibility index (Phi) is 6.30. The monoisotopic (exact) mass is 388 g/mol. The quantitative estimate of drug-likeness (QED) is 0.535. The smallest absolute Gasteiger partial charge is 0.316 e. The number of thioether (sulfide) groups is 1. The van der Waals surface area contributed by atoms with Gasteiger partial charge in [-0.2, -0.15) is 0 Å². The largest absolute Gasteiger partial charge is 0.452 e. The van der Waals surface area contributed by atoms with Gasteiger partial charge in [0.05, 0.1) is 5.75 Å². The molecule has 1 unspecified atom stereocenters. The van der Waals surface area contributed by atoms with Gasteiger partial charge in [-0.15, -0.1) is 22.0 Å². The van der Waals surface area contributed by atoms with E-state index in [1.54, 1.807) is 6.92 Å². The Bertz CT molecular complexity index is 870. The first-order chi connectivity index (χ1) is 12.6. The van der Waals surface area contributed by atoms with Gasteiger partial charge in [0.2, 0.25) is 5.89 Å². The van der Waals surface area contributed by atoms with Crippen molar-refractivity contribution in [2.24, 2.45) is 0 Å². The van der Waals surface area contributed by atoms with Gasteiger partial charge in [0.15, 0.2) is 6.10 Å². The molecule has 2 aromatic carbocycles. The van der Waals surface area contributed by atoms with E-state index in [9.17, 15) is 4.79 Å². The number of aromatic nitrogens is 2. The van der Waals surface area contributed by atoms with Gasteiger partial charge in [-0.25, -0.2) is 0 Å². The van der Waals surface area contributed by atoms with Crippen LogP contribution in [0, 0.1) is 0 Å². The third kappa shape index (κ3) is 5.09. The lowest BCUT2D eigenvalue weighted by Gasteiger charge is -2.09. The van der Waals surface area contributed by atoms with Crippen molar-refractivity contribution in [2.45, 2.75) is 18.8 Å². The summed E-state index contributed by atoms with van der Waals surface area (Å²) in [4.78, 5) is 12.0. The lowest BCUT2D eigenvalue weighted by molar-refractivity contribution is -0.146. The molecule has 0 bridgehead atoms. The number of hydrogen-bond acceptors (Lipinski definition) is 6. The maximum absolute atomic E-state index is 12.0. The van der Waals surface area contributed by atoms with Gasteiger partial charge in [0.25, 0.3) is 5.89 Å². The Labute approximate surface area is 160 Å². The molecule has 0 aliphatic rings. The van der Waals surface area contributed by atoms with E-state index in [4.69, 9.17) is 20.8 Å². The highest BCUT2D eigenvalue weighted by molar-refractivity contribution is 7.99. The van der Waals surface area contributed by atoms with E-state index in [2.05, 4.69) is 10.2 Å². The number of rotatable bonds is 7. The first-order valence-electron chi connectivity index (χ1n) is 8.02. The highest BCUT2D eigenvalue weighted by Gasteiger charge is 2.19. The average molecular weight is 389 g/mol. The summed E-state index contributed by atoms with van der Waals surface area (Å²) in [5, 5.41) is 8.65. The van der Waals surface area contributed by atoms with Crippen molar-refractivity contribution < 1.29 is 13.9 Å². The van der Waals surface area contributed by atoms with Gasteiger partial charge in [-0.3, -0.25) is 4.79 Å². The molecule has 0 saturated carbocycles. The third-order valence-electron chi connectivity index (χ3n) is 3.50. The van der Waals surface area contributed by atoms with Crippen LogP contribution in [-0.2, 0) is 15.3 Å².